The Morgan fingerprint density at radius 1 is 1.29 bits per heavy atom. The summed E-state index contributed by atoms with van der Waals surface area (Å²) in [6, 6.07) is 4.62. The first kappa shape index (κ1) is 10.9. The van der Waals surface area contributed by atoms with Crippen LogP contribution in [-0.4, -0.2) is 6.04 Å². The highest BCUT2D eigenvalue weighted by molar-refractivity contribution is 5.68. The Morgan fingerprint density at radius 2 is 1.86 bits per heavy atom. The fraction of sp³-hybridized carbons (Fsp3) is 0.500. The third-order valence-corrected chi connectivity index (χ3v) is 2.68. The van der Waals surface area contributed by atoms with Crippen LogP contribution in [0.15, 0.2) is 12.1 Å². The van der Waals surface area contributed by atoms with Crippen molar-refractivity contribution >= 4 is 11.4 Å². The van der Waals surface area contributed by atoms with Crippen LogP contribution in [0.4, 0.5) is 11.4 Å². The Morgan fingerprint density at radius 3 is 2.43 bits per heavy atom. The average Bonchev–Trinajstić information content (AvgIpc) is 2.14. The molecule has 0 aliphatic carbocycles. The largest absolute Gasteiger partial charge is 0.397 e. The van der Waals surface area contributed by atoms with E-state index in [2.05, 4.69) is 39.1 Å². The van der Waals surface area contributed by atoms with Crippen molar-refractivity contribution in [1.82, 2.24) is 0 Å². The molecule has 3 N–H and O–H groups in total. The normalized spacial score (nSPS) is 12.6. The van der Waals surface area contributed by atoms with E-state index in [1.807, 2.05) is 6.07 Å². The average molecular weight is 192 g/mol. The van der Waals surface area contributed by atoms with Crippen LogP contribution in [0.5, 0.6) is 0 Å². The molecule has 78 valence electrons. The molecule has 2 heteroatoms. The molecule has 1 rings (SSSR count). The van der Waals surface area contributed by atoms with E-state index in [-0.39, 0.29) is 0 Å². The molecule has 1 aromatic carbocycles. The molecule has 0 saturated carbocycles. The molecule has 0 amide bonds. The van der Waals surface area contributed by atoms with Gasteiger partial charge in [-0.05, 0) is 50.5 Å². The molecule has 0 aromatic heterocycles. The molecular weight excluding hydrogens is 172 g/mol. The monoisotopic (exact) mass is 192 g/mol. The Hall–Kier alpha value is -1.18. The molecule has 0 aliphatic heterocycles. The van der Waals surface area contributed by atoms with Crippen LogP contribution < -0.4 is 11.1 Å². The highest BCUT2D eigenvalue weighted by Crippen LogP contribution is 2.23. The number of nitrogens with two attached hydrogens (primary N) is 1. The maximum absolute atomic E-state index is 5.93. The van der Waals surface area contributed by atoms with E-state index in [9.17, 15) is 0 Å². The van der Waals surface area contributed by atoms with Crippen molar-refractivity contribution < 1.29 is 0 Å². The van der Waals surface area contributed by atoms with Gasteiger partial charge in [-0.2, -0.15) is 0 Å². The summed E-state index contributed by atoms with van der Waals surface area (Å²) in [4.78, 5) is 0. The fourth-order valence-corrected chi connectivity index (χ4v) is 1.33. The van der Waals surface area contributed by atoms with Gasteiger partial charge in [0.25, 0.3) is 0 Å². The standard InChI is InChI=1S/C12H20N2/c1-5-10(4)14-12-7-9(3)8(2)6-11(12)13/h6-7,10,14H,5,13H2,1-4H3. The molecule has 2 nitrogen and oxygen atoms in total. The first-order valence-electron chi connectivity index (χ1n) is 5.17. The third kappa shape index (κ3) is 2.41. The zero-order valence-corrected chi connectivity index (χ0v) is 9.52. The number of rotatable bonds is 3. The summed E-state index contributed by atoms with van der Waals surface area (Å²) < 4.78 is 0. The summed E-state index contributed by atoms with van der Waals surface area (Å²) in [7, 11) is 0. The highest BCUT2D eigenvalue weighted by Gasteiger charge is 2.04. The molecule has 0 heterocycles. The van der Waals surface area contributed by atoms with Crippen molar-refractivity contribution in [1.29, 1.82) is 0 Å². The van der Waals surface area contributed by atoms with Gasteiger partial charge in [0.05, 0.1) is 11.4 Å². The Bertz CT molecular complexity index is 318. The molecule has 1 aromatic rings. The van der Waals surface area contributed by atoms with Crippen LogP contribution in [0.3, 0.4) is 0 Å². The lowest BCUT2D eigenvalue weighted by Gasteiger charge is -2.16. The van der Waals surface area contributed by atoms with E-state index in [0.29, 0.717) is 6.04 Å². The number of nitrogens with one attached hydrogen (secondary N) is 1. The maximum Gasteiger partial charge on any atom is 0.0578 e. The summed E-state index contributed by atoms with van der Waals surface area (Å²) in [5, 5.41) is 3.40. The van der Waals surface area contributed by atoms with Crippen LogP contribution >= 0.6 is 0 Å². The van der Waals surface area contributed by atoms with E-state index < -0.39 is 0 Å². The second kappa shape index (κ2) is 4.36. The topological polar surface area (TPSA) is 38.0 Å². The molecule has 0 spiro atoms. The SMILES string of the molecule is CCC(C)Nc1cc(C)c(C)cc1N. The third-order valence-electron chi connectivity index (χ3n) is 2.68. The highest BCUT2D eigenvalue weighted by atomic mass is 14.9. The molecule has 0 fully saturated rings. The number of nitrogen functional groups attached to an aromatic ring is 1. The van der Waals surface area contributed by atoms with Crippen LogP contribution in [0, 0.1) is 13.8 Å². The Kier molecular flexibility index (Phi) is 3.39. The minimum atomic E-state index is 0.472. The van der Waals surface area contributed by atoms with E-state index in [1.165, 1.54) is 11.1 Å². The predicted molar refractivity (Wildman–Crippen MR) is 63.7 cm³/mol. The lowest BCUT2D eigenvalue weighted by atomic mass is 10.1. The van der Waals surface area contributed by atoms with Crippen molar-refractivity contribution in [2.45, 2.75) is 40.2 Å². The molecular formula is C12H20N2. The van der Waals surface area contributed by atoms with Gasteiger partial charge < -0.3 is 11.1 Å². The zero-order chi connectivity index (χ0) is 10.7. The Labute approximate surface area is 86.5 Å². The van der Waals surface area contributed by atoms with E-state index in [1.54, 1.807) is 0 Å². The number of hydrogen-bond donors (Lipinski definition) is 2. The van der Waals surface area contributed by atoms with E-state index in [0.717, 1.165) is 17.8 Å². The van der Waals surface area contributed by atoms with E-state index >= 15 is 0 Å². The smallest absolute Gasteiger partial charge is 0.0578 e. The summed E-state index contributed by atoms with van der Waals surface area (Å²) in [6.45, 7) is 8.51. The van der Waals surface area contributed by atoms with Gasteiger partial charge >= 0.3 is 0 Å². The van der Waals surface area contributed by atoms with E-state index in [4.69, 9.17) is 5.73 Å². The summed E-state index contributed by atoms with van der Waals surface area (Å²) >= 11 is 0. The van der Waals surface area contributed by atoms with Crippen molar-refractivity contribution in [3.8, 4) is 0 Å². The molecule has 1 atom stereocenters. The Balaban J connectivity index is 2.92. The fourth-order valence-electron chi connectivity index (χ4n) is 1.33. The van der Waals surface area contributed by atoms with Crippen molar-refractivity contribution in [2.24, 2.45) is 0 Å². The first-order valence-corrected chi connectivity index (χ1v) is 5.17. The molecule has 0 aliphatic rings. The quantitative estimate of drug-likeness (QED) is 0.722. The van der Waals surface area contributed by atoms with Crippen molar-refractivity contribution in [2.75, 3.05) is 11.1 Å². The lowest BCUT2D eigenvalue weighted by Crippen LogP contribution is -2.14. The van der Waals surface area contributed by atoms with Gasteiger partial charge in [-0.1, -0.05) is 6.92 Å². The van der Waals surface area contributed by atoms with Crippen LogP contribution in [0.2, 0.25) is 0 Å². The van der Waals surface area contributed by atoms with Crippen molar-refractivity contribution in [3.63, 3.8) is 0 Å². The van der Waals surface area contributed by atoms with Gasteiger partial charge in [0.1, 0.15) is 0 Å². The lowest BCUT2D eigenvalue weighted by molar-refractivity contribution is 0.764. The second-order valence-electron chi connectivity index (χ2n) is 3.98. The molecule has 0 bridgehead atoms. The maximum atomic E-state index is 5.93. The number of benzene rings is 1. The summed E-state index contributed by atoms with van der Waals surface area (Å²) in [6.07, 6.45) is 1.10. The molecule has 14 heavy (non-hydrogen) atoms. The van der Waals surface area contributed by atoms with Gasteiger partial charge in [0.2, 0.25) is 0 Å². The number of hydrogen-bond acceptors (Lipinski definition) is 2. The summed E-state index contributed by atoms with van der Waals surface area (Å²) in [5.41, 5.74) is 10.4. The van der Waals surface area contributed by atoms with Crippen molar-refractivity contribution in [3.05, 3.63) is 23.3 Å². The van der Waals surface area contributed by atoms with Gasteiger partial charge in [-0.25, -0.2) is 0 Å². The number of aryl methyl sites for hydroxylation is 2. The summed E-state index contributed by atoms with van der Waals surface area (Å²) in [5.74, 6) is 0. The number of anilines is 2. The predicted octanol–water partition coefficient (Wildman–Crippen LogP) is 3.10. The van der Waals surface area contributed by atoms with Gasteiger partial charge in [-0.15, -0.1) is 0 Å². The van der Waals surface area contributed by atoms with Crippen LogP contribution in [-0.2, 0) is 0 Å². The van der Waals surface area contributed by atoms with Crippen LogP contribution in [0.25, 0.3) is 0 Å². The van der Waals surface area contributed by atoms with Gasteiger partial charge in [-0.3, -0.25) is 0 Å². The van der Waals surface area contributed by atoms with Gasteiger partial charge in [0, 0.05) is 6.04 Å². The minimum absolute atomic E-state index is 0.472. The van der Waals surface area contributed by atoms with Gasteiger partial charge in [0.15, 0.2) is 0 Å². The second-order valence-corrected chi connectivity index (χ2v) is 3.98. The van der Waals surface area contributed by atoms with Crippen LogP contribution in [0.1, 0.15) is 31.4 Å². The zero-order valence-electron chi connectivity index (χ0n) is 9.52. The first-order chi connectivity index (χ1) is 6.54. The minimum Gasteiger partial charge on any atom is -0.397 e. The molecule has 1 unspecified atom stereocenters. The molecule has 0 saturated heterocycles. The molecule has 0 radical (unpaired) electrons.